The number of benzene rings is 1. The van der Waals surface area contributed by atoms with Gasteiger partial charge in [0.25, 0.3) is 0 Å². The molecule has 0 radical (unpaired) electrons. The fraction of sp³-hybridized carbons (Fsp3) is 0.357. The maximum atomic E-state index is 11.2. The summed E-state index contributed by atoms with van der Waals surface area (Å²) in [5, 5.41) is 9.61. The lowest BCUT2D eigenvalue weighted by atomic mass is 9.92. The lowest BCUT2D eigenvalue weighted by Crippen LogP contribution is -2.04. The van der Waals surface area contributed by atoms with E-state index in [1.807, 2.05) is 0 Å². The first-order valence-electron chi connectivity index (χ1n) is 5.93. The number of halogens is 1. The van der Waals surface area contributed by atoms with Gasteiger partial charge < -0.3 is 9.84 Å². The zero-order valence-electron chi connectivity index (χ0n) is 10.2. The van der Waals surface area contributed by atoms with Gasteiger partial charge in [-0.2, -0.15) is 0 Å². The number of ether oxygens (including phenoxy) is 1. The second-order valence-corrected chi connectivity index (χ2v) is 4.75. The van der Waals surface area contributed by atoms with Gasteiger partial charge in [-0.1, -0.05) is 17.7 Å². The van der Waals surface area contributed by atoms with Gasteiger partial charge in [-0.05, 0) is 43.4 Å². The van der Waals surface area contributed by atoms with Crippen LogP contribution in [-0.2, 0) is 0 Å². The number of aromatic carboxylic acids is 1. The van der Waals surface area contributed by atoms with Gasteiger partial charge in [0.2, 0.25) is 0 Å². The van der Waals surface area contributed by atoms with Gasteiger partial charge in [0.15, 0.2) is 0 Å². The van der Waals surface area contributed by atoms with Crippen molar-refractivity contribution < 1.29 is 14.6 Å². The van der Waals surface area contributed by atoms with Crippen molar-refractivity contribution in [2.45, 2.75) is 25.7 Å². The number of hydrogen-bond acceptors (Lipinski definition) is 2. The molecule has 0 atom stereocenters. The Hall–Kier alpha value is -1.48. The second kappa shape index (κ2) is 5.44. The van der Waals surface area contributed by atoms with Crippen LogP contribution >= 0.6 is 11.6 Å². The summed E-state index contributed by atoms with van der Waals surface area (Å²) in [4.78, 5) is 11.2. The van der Waals surface area contributed by atoms with Gasteiger partial charge in [-0.3, -0.25) is 0 Å². The van der Waals surface area contributed by atoms with Crippen molar-refractivity contribution in [3.05, 3.63) is 34.4 Å². The van der Waals surface area contributed by atoms with Crippen LogP contribution in [0.2, 0.25) is 5.02 Å². The van der Waals surface area contributed by atoms with Gasteiger partial charge >= 0.3 is 5.97 Å². The smallest absolute Gasteiger partial charge is 0.339 e. The fourth-order valence-corrected chi connectivity index (χ4v) is 2.51. The minimum absolute atomic E-state index is 0.117. The predicted octanol–water partition coefficient (Wildman–Crippen LogP) is 4.00. The molecule has 0 unspecified atom stereocenters. The van der Waals surface area contributed by atoms with Crippen molar-refractivity contribution in [2.24, 2.45) is 0 Å². The van der Waals surface area contributed by atoms with E-state index in [2.05, 4.69) is 6.08 Å². The number of carbonyl (C=O) groups is 1. The molecule has 4 heteroatoms. The Kier molecular flexibility index (Phi) is 3.92. The average molecular weight is 267 g/mol. The summed E-state index contributed by atoms with van der Waals surface area (Å²) < 4.78 is 5.27. The molecule has 3 nitrogen and oxygen atoms in total. The van der Waals surface area contributed by atoms with Crippen LogP contribution in [0.15, 0.2) is 18.2 Å². The monoisotopic (exact) mass is 266 g/mol. The first-order chi connectivity index (χ1) is 8.63. The standard InChI is InChI=1S/C14H15ClO3/c1-18-13-11(9-5-3-2-4-6-9)7-10(15)8-12(13)14(16)17/h5,7-8H,2-4,6H2,1H3,(H,16,17). The molecule has 96 valence electrons. The summed E-state index contributed by atoms with van der Waals surface area (Å²) in [6.07, 6.45) is 6.40. The molecule has 0 amide bonds. The van der Waals surface area contributed by atoms with Crippen LogP contribution < -0.4 is 4.74 Å². The van der Waals surface area contributed by atoms with Crippen LogP contribution in [-0.4, -0.2) is 18.2 Å². The second-order valence-electron chi connectivity index (χ2n) is 4.31. The number of carboxylic acids is 1. The van der Waals surface area contributed by atoms with E-state index in [9.17, 15) is 9.90 Å². The molecule has 0 heterocycles. The molecule has 0 saturated carbocycles. The summed E-state index contributed by atoms with van der Waals surface area (Å²) in [5.41, 5.74) is 2.05. The number of hydrogen-bond donors (Lipinski definition) is 1. The summed E-state index contributed by atoms with van der Waals surface area (Å²) in [5.74, 6) is -0.618. The number of rotatable bonds is 3. The third kappa shape index (κ3) is 2.51. The van der Waals surface area contributed by atoms with E-state index in [1.54, 1.807) is 6.07 Å². The molecular weight excluding hydrogens is 252 g/mol. The lowest BCUT2D eigenvalue weighted by molar-refractivity contribution is 0.0693. The Bertz CT molecular complexity index is 506. The Morgan fingerprint density at radius 2 is 2.17 bits per heavy atom. The highest BCUT2D eigenvalue weighted by molar-refractivity contribution is 6.31. The summed E-state index contributed by atoms with van der Waals surface area (Å²) >= 11 is 6.00. The van der Waals surface area contributed by atoms with Crippen molar-refractivity contribution in [1.29, 1.82) is 0 Å². The molecule has 2 rings (SSSR count). The van der Waals surface area contributed by atoms with Gasteiger partial charge in [-0.15, -0.1) is 0 Å². The maximum absolute atomic E-state index is 11.2. The van der Waals surface area contributed by atoms with Crippen LogP contribution in [0.1, 0.15) is 41.6 Å². The first kappa shape index (κ1) is 13.0. The highest BCUT2D eigenvalue weighted by Crippen LogP contribution is 2.37. The van der Waals surface area contributed by atoms with Crippen molar-refractivity contribution in [3.8, 4) is 5.75 Å². The minimum Gasteiger partial charge on any atom is -0.495 e. The van der Waals surface area contributed by atoms with E-state index in [0.717, 1.165) is 30.4 Å². The molecule has 1 aromatic rings. The molecule has 0 saturated heterocycles. The molecule has 1 aromatic carbocycles. The number of carboxylic acid groups (broad SMARTS) is 1. The third-order valence-corrected chi connectivity index (χ3v) is 3.34. The molecule has 1 N–H and O–H groups in total. The van der Waals surface area contributed by atoms with Crippen LogP contribution in [0.4, 0.5) is 0 Å². The van der Waals surface area contributed by atoms with Crippen LogP contribution in [0.25, 0.3) is 5.57 Å². The molecule has 1 aliphatic carbocycles. The van der Waals surface area contributed by atoms with Crippen LogP contribution in [0.5, 0.6) is 5.75 Å². The average Bonchev–Trinajstić information content (AvgIpc) is 2.38. The Morgan fingerprint density at radius 1 is 1.39 bits per heavy atom. The van der Waals surface area contributed by atoms with Gasteiger partial charge in [0, 0.05) is 10.6 Å². The largest absolute Gasteiger partial charge is 0.495 e. The molecule has 1 aliphatic rings. The quantitative estimate of drug-likeness (QED) is 0.899. The molecular formula is C14H15ClO3. The van der Waals surface area contributed by atoms with E-state index in [0.29, 0.717) is 10.8 Å². The van der Waals surface area contributed by atoms with Gasteiger partial charge in [-0.25, -0.2) is 4.79 Å². The van der Waals surface area contributed by atoms with Gasteiger partial charge in [0.05, 0.1) is 7.11 Å². The van der Waals surface area contributed by atoms with Crippen LogP contribution in [0, 0.1) is 0 Å². The highest BCUT2D eigenvalue weighted by Gasteiger charge is 2.19. The number of methoxy groups -OCH3 is 1. The third-order valence-electron chi connectivity index (χ3n) is 3.13. The molecule has 18 heavy (non-hydrogen) atoms. The fourth-order valence-electron chi connectivity index (χ4n) is 2.29. The normalized spacial score (nSPS) is 15.1. The van der Waals surface area contributed by atoms with Crippen molar-refractivity contribution >= 4 is 23.1 Å². The minimum atomic E-state index is -1.02. The van der Waals surface area contributed by atoms with Gasteiger partial charge in [0.1, 0.15) is 11.3 Å². The van der Waals surface area contributed by atoms with E-state index in [1.165, 1.54) is 19.6 Å². The van der Waals surface area contributed by atoms with Crippen LogP contribution in [0.3, 0.4) is 0 Å². The zero-order chi connectivity index (χ0) is 13.1. The Balaban J connectivity index is 2.58. The topological polar surface area (TPSA) is 46.5 Å². The predicted molar refractivity (Wildman–Crippen MR) is 71.4 cm³/mol. The zero-order valence-corrected chi connectivity index (χ0v) is 11.0. The Labute approximate surface area is 111 Å². The maximum Gasteiger partial charge on any atom is 0.339 e. The molecule has 0 aliphatic heterocycles. The summed E-state index contributed by atoms with van der Waals surface area (Å²) in [6.45, 7) is 0. The first-order valence-corrected chi connectivity index (χ1v) is 6.31. The summed E-state index contributed by atoms with van der Waals surface area (Å²) in [7, 11) is 1.49. The molecule has 0 aromatic heterocycles. The van der Waals surface area contributed by atoms with Crippen molar-refractivity contribution in [1.82, 2.24) is 0 Å². The molecule has 0 fully saturated rings. The Morgan fingerprint density at radius 3 is 2.72 bits per heavy atom. The molecule has 0 bridgehead atoms. The SMILES string of the molecule is COc1c(C(=O)O)cc(Cl)cc1C1=CCCCC1. The lowest BCUT2D eigenvalue weighted by Gasteiger charge is -2.17. The molecule has 0 spiro atoms. The van der Waals surface area contributed by atoms with Crippen molar-refractivity contribution in [2.75, 3.05) is 7.11 Å². The number of allylic oxidation sites excluding steroid dienone is 2. The van der Waals surface area contributed by atoms with E-state index in [4.69, 9.17) is 16.3 Å². The van der Waals surface area contributed by atoms with E-state index in [-0.39, 0.29) is 5.56 Å². The van der Waals surface area contributed by atoms with E-state index >= 15 is 0 Å². The highest BCUT2D eigenvalue weighted by atomic mass is 35.5. The summed E-state index contributed by atoms with van der Waals surface area (Å²) in [6, 6.07) is 3.21. The van der Waals surface area contributed by atoms with Crippen molar-refractivity contribution in [3.63, 3.8) is 0 Å². The van der Waals surface area contributed by atoms with E-state index < -0.39 is 5.97 Å².